The fraction of sp³-hybridized carbons (Fsp3) is 0.792. The summed E-state index contributed by atoms with van der Waals surface area (Å²) < 4.78 is 36.1. The number of nitrogens with zero attached hydrogens (tertiary/aromatic N) is 1. The van der Waals surface area contributed by atoms with Gasteiger partial charge in [0.15, 0.2) is 0 Å². The molecule has 12 heteroatoms. The molecule has 2 aliphatic rings. The molecule has 0 saturated carbocycles. The first-order valence-electron chi connectivity index (χ1n) is 12.7. The number of hydrogen-bond donors (Lipinski definition) is 0. The van der Waals surface area contributed by atoms with Gasteiger partial charge in [0, 0.05) is 9.47 Å². The maximum absolute atomic E-state index is 6.87. The standard InChI is InChI=1S/C24H41BNO6P2SSi/c1-16-9-17(7-8-28-25-34-35)30-18(10-16)11-19-12-20(32-36(5,6)24(2,3)4)13-22(31-19)21-14-27-23(26-21)15-29-33/h14,17-20,22H,1,7-13,15,33H2,2-6H3/q+1/t17-,18+,19+,20+,22+/m0/s1. The molecule has 0 amide bonds. The van der Waals surface area contributed by atoms with Gasteiger partial charge < -0.3 is 8.94 Å². The zero-order chi connectivity index (χ0) is 26.3. The maximum atomic E-state index is 6.87. The molecule has 1 aromatic rings. The van der Waals surface area contributed by atoms with Crippen LogP contribution < -0.4 is 0 Å². The van der Waals surface area contributed by atoms with Crippen LogP contribution in [0.4, 0.5) is 0 Å². The van der Waals surface area contributed by atoms with Crippen molar-refractivity contribution in [2.75, 3.05) is 6.61 Å². The number of aromatic nitrogens is 1. The molecule has 0 aromatic carbocycles. The van der Waals surface area contributed by atoms with Crippen molar-refractivity contribution in [1.29, 1.82) is 0 Å². The van der Waals surface area contributed by atoms with Crippen LogP contribution in [0.3, 0.4) is 0 Å². The molecule has 1 aromatic heterocycles. The third kappa shape index (κ3) is 9.10. The fourth-order valence-corrected chi connectivity index (χ4v) is 6.47. The number of rotatable bonds is 11. The molecule has 36 heavy (non-hydrogen) atoms. The molecular weight excluding hydrogens is 531 g/mol. The molecule has 0 aliphatic carbocycles. The zero-order valence-corrected chi connectivity index (χ0v) is 26.1. The summed E-state index contributed by atoms with van der Waals surface area (Å²) in [5.74, 6) is 0.539. The molecule has 2 fully saturated rings. The monoisotopic (exact) mass is 572 g/mol. The molecule has 0 radical (unpaired) electrons. The predicted octanol–water partition coefficient (Wildman–Crippen LogP) is 6.43. The molecule has 3 rings (SSSR count). The molecule has 3 heterocycles. The quantitative estimate of drug-likeness (QED) is 0.130. The van der Waals surface area contributed by atoms with E-state index in [1.807, 2.05) is 0 Å². The molecule has 2 aliphatic heterocycles. The Morgan fingerprint density at radius 1 is 1.22 bits per heavy atom. The first kappa shape index (κ1) is 30.7. The predicted molar refractivity (Wildman–Crippen MR) is 152 cm³/mol. The Morgan fingerprint density at radius 3 is 2.67 bits per heavy atom. The molecule has 1 unspecified atom stereocenters. The summed E-state index contributed by atoms with van der Waals surface area (Å²) in [5.41, 5.74) is 2.02. The van der Waals surface area contributed by atoms with Gasteiger partial charge in [-0.3, -0.25) is 0 Å². The molecule has 2 saturated heterocycles. The number of ether oxygens (including phenoxy) is 2. The van der Waals surface area contributed by atoms with Crippen molar-refractivity contribution in [2.24, 2.45) is 0 Å². The van der Waals surface area contributed by atoms with Crippen molar-refractivity contribution in [1.82, 2.24) is 4.98 Å². The summed E-state index contributed by atoms with van der Waals surface area (Å²) in [6.07, 6.45) is 6.69. The van der Waals surface area contributed by atoms with E-state index in [0.29, 0.717) is 26.0 Å². The SMILES string of the molecule is C=C1C[C@H](C[C@@H]2C[C@@H](O[Si](C)(C)C(C)(C)C)C[C@H](c3coc(COP)n3)O2)O[C@@H](CCOB=[P+]=S)C1. The van der Waals surface area contributed by atoms with Crippen LogP contribution in [0.2, 0.25) is 18.1 Å². The summed E-state index contributed by atoms with van der Waals surface area (Å²) in [4.78, 5) is 4.61. The van der Waals surface area contributed by atoms with Gasteiger partial charge in [0.05, 0.1) is 0 Å². The Balaban J connectivity index is 1.70. The third-order valence-electron chi connectivity index (χ3n) is 7.35. The first-order chi connectivity index (χ1) is 17.0. The van der Waals surface area contributed by atoms with E-state index in [1.165, 1.54) is 5.57 Å². The van der Waals surface area contributed by atoms with E-state index >= 15 is 0 Å². The number of oxazole rings is 1. The van der Waals surface area contributed by atoms with Crippen molar-refractivity contribution in [2.45, 2.75) is 115 Å². The Hall–Kier alpha value is 0.112. The van der Waals surface area contributed by atoms with Crippen LogP contribution in [-0.2, 0) is 41.5 Å². The van der Waals surface area contributed by atoms with E-state index in [0.717, 1.165) is 44.2 Å². The molecule has 200 valence electrons. The van der Waals surface area contributed by atoms with E-state index in [2.05, 4.69) is 54.9 Å². The fourth-order valence-electron chi connectivity index (χ4n) is 4.59. The van der Waals surface area contributed by atoms with Crippen LogP contribution >= 0.6 is 16.3 Å². The summed E-state index contributed by atoms with van der Waals surface area (Å²) in [6.45, 7) is 19.0. The van der Waals surface area contributed by atoms with Gasteiger partial charge in [-0.25, -0.2) is 0 Å². The summed E-state index contributed by atoms with van der Waals surface area (Å²) in [5, 5.41) is 0.134. The first-order valence-corrected chi connectivity index (χ1v) is 18.0. The molecule has 0 N–H and O–H groups in total. The van der Waals surface area contributed by atoms with Gasteiger partial charge in [0.25, 0.3) is 0 Å². The molecular formula is C24H41BNO6P2SSi+. The minimum atomic E-state index is -1.95. The van der Waals surface area contributed by atoms with Crippen molar-refractivity contribution >= 4 is 43.3 Å². The van der Waals surface area contributed by atoms with E-state index in [9.17, 15) is 0 Å². The van der Waals surface area contributed by atoms with E-state index < -0.39 is 8.32 Å². The second-order valence-electron chi connectivity index (χ2n) is 11.3. The Kier molecular flexibility index (Phi) is 11.9. The number of hydrogen-bond acceptors (Lipinski definition) is 8. The Labute approximate surface area is 226 Å². The van der Waals surface area contributed by atoms with Crippen LogP contribution in [-0.4, -0.2) is 51.1 Å². The van der Waals surface area contributed by atoms with Gasteiger partial charge in [-0.05, 0) is 18.1 Å². The van der Waals surface area contributed by atoms with Crippen molar-refractivity contribution in [3.05, 3.63) is 30.0 Å². The summed E-state index contributed by atoms with van der Waals surface area (Å²) in [7, 11) is 0.278. The average Bonchev–Trinajstić information content (AvgIpc) is 3.24. The van der Waals surface area contributed by atoms with Crippen LogP contribution in [0.5, 0.6) is 0 Å². The van der Waals surface area contributed by atoms with Gasteiger partial charge in [0.1, 0.15) is 6.61 Å². The van der Waals surface area contributed by atoms with Crippen molar-refractivity contribution < 1.29 is 27.5 Å². The Morgan fingerprint density at radius 2 is 1.97 bits per heavy atom. The van der Waals surface area contributed by atoms with Gasteiger partial charge in [-0.15, -0.1) is 0 Å². The van der Waals surface area contributed by atoms with Crippen LogP contribution in [0.25, 0.3) is 0 Å². The van der Waals surface area contributed by atoms with Crippen molar-refractivity contribution in [3.8, 4) is 0 Å². The minimum absolute atomic E-state index is 0.00297. The van der Waals surface area contributed by atoms with Crippen LogP contribution in [0, 0.1) is 0 Å². The Bertz CT molecular complexity index is 923. The van der Waals surface area contributed by atoms with E-state index in [4.69, 9.17) is 39.3 Å². The van der Waals surface area contributed by atoms with E-state index in [-0.39, 0.29) is 35.6 Å². The third-order valence-corrected chi connectivity index (χ3v) is 12.5. The van der Waals surface area contributed by atoms with Gasteiger partial charge in [-0.2, -0.15) is 0 Å². The van der Waals surface area contributed by atoms with Gasteiger partial charge >= 0.3 is 157 Å². The van der Waals surface area contributed by atoms with Crippen LogP contribution in [0.1, 0.15) is 77.0 Å². The normalized spacial score (nSPS) is 27.6. The summed E-state index contributed by atoms with van der Waals surface area (Å²) >= 11 is 4.88. The molecule has 0 bridgehead atoms. The molecule has 0 spiro atoms. The van der Waals surface area contributed by atoms with Gasteiger partial charge in [0.2, 0.25) is 5.89 Å². The van der Waals surface area contributed by atoms with Gasteiger partial charge in [-0.1, -0.05) is 20.8 Å². The second kappa shape index (κ2) is 14.0. The summed E-state index contributed by atoms with van der Waals surface area (Å²) in [6, 6.07) is 0. The average molecular weight is 573 g/mol. The molecule has 6 atom stereocenters. The topological polar surface area (TPSA) is 72.2 Å². The van der Waals surface area contributed by atoms with Crippen LogP contribution in [0.15, 0.2) is 22.8 Å². The second-order valence-corrected chi connectivity index (χ2v) is 17.5. The van der Waals surface area contributed by atoms with E-state index in [1.54, 1.807) is 13.1 Å². The molecule has 7 nitrogen and oxygen atoms in total. The van der Waals surface area contributed by atoms with Crippen molar-refractivity contribution in [3.63, 3.8) is 0 Å². The zero-order valence-electron chi connectivity index (χ0n) is 22.2.